The maximum atomic E-state index is 12.1. The van der Waals surface area contributed by atoms with Crippen LogP contribution < -0.4 is 10.0 Å². The fourth-order valence-electron chi connectivity index (χ4n) is 1.83. The molecule has 0 fully saturated rings. The van der Waals surface area contributed by atoms with E-state index in [0.29, 0.717) is 17.1 Å². The first-order valence-corrected chi connectivity index (χ1v) is 9.19. The van der Waals surface area contributed by atoms with Crippen molar-refractivity contribution in [2.75, 3.05) is 11.0 Å². The van der Waals surface area contributed by atoms with Gasteiger partial charge in [0.2, 0.25) is 10.0 Å². The minimum absolute atomic E-state index is 0.148. The van der Waals surface area contributed by atoms with Crippen LogP contribution >= 0.6 is 23.2 Å². The van der Waals surface area contributed by atoms with Gasteiger partial charge in [-0.15, -0.1) is 0 Å². The van der Waals surface area contributed by atoms with Crippen LogP contribution in [0.3, 0.4) is 0 Å². The van der Waals surface area contributed by atoms with Gasteiger partial charge < -0.3 is 5.32 Å². The second-order valence-corrected chi connectivity index (χ2v) is 7.47. The van der Waals surface area contributed by atoms with E-state index in [1.165, 1.54) is 18.2 Å². The Morgan fingerprint density at radius 1 is 1.09 bits per heavy atom. The lowest BCUT2D eigenvalue weighted by Gasteiger charge is -2.09. The highest BCUT2D eigenvalue weighted by Crippen LogP contribution is 2.24. The largest absolute Gasteiger partial charge is 0.348 e. The van der Waals surface area contributed by atoms with Crippen LogP contribution in [-0.2, 0) is 16.6 Å². The Morgan fingerprint density at radius 3 is 2.30 bits per heavy atom. The first-order valence-electron chi connectivity index (χ1n) is 6.54. The molecule has 8 heteroatoms. The van der Waals surface area contributed by atoms with Crippen molar-refractivity contribution in [3.8, 4) is 0 Å². The molecular weight excluding hydrogens is 359 g/mol. The van der Waals surface area contributed by atoms with E-state index < -0.39 is 10.0 Å². The molecule has 0 heterocycles. The summed E-state index contributed by atoms with van der Waals surface area (Å²) in [5, 5.41) is 3.52. The van der Waals surface area contributed by atoms with Gasteiger partial charge in [0.1, 0.15) is 0 Å². The number of carbonyl (C=O) groups is 1. The lowest BCUT2D eigenvalue weighted by atomic mass is 10.2. The molecule has 0 spiro atoms. The Hall–Kier alpha value is -1.76. The molecule has 23 heavy (non-hydrogen) atoms. The van der Waals surface area contributed by atoms with Gasteiger partial charge in [-0.25, -0.2) is 8.42 Å². The number of hydrogen-bond donors (Lipinski definition) is 2. The molecule has 0 aromatic heterocycles. The van der Waals surface area contributed by atoms with E-state index in [9.17, 15) is 13.2 Å². The third kappa shape index (κ3) is 5.42. The number of anilines is 1. The highest BCUT2D eigenvalue weighted by atomic mass is 35.5. The van der Waals surface area contributed by atoms with E-state index in [2.05, 4.69) is 10.0 Å². The smallest absolute Gasteiger partial charge is 0.251 e. The van der Waals surface area contributed by atoms with Crippen molar-refractivity contribution in [2.45, 2.75) is 6.54 Å². The molecule has 2 aromatic rings. The molecule has 1 amide bonds. The predicted molar refractivity (Wildman–Crippen MR) is 92.5 cm³/mol. The molecule has 0 aliphatic heterocycles. The van der Waals surface area contributed by atoms with Crippen LogP contribution in [0.15, 0.2) is 42.5 Å². The molecule has 0 aliphatic carbocycles. The molecule has 2 aromatic carbocycles. The summed E-state index contributed by atoms with van der Waals surface area (Å²) in [7, 11) is -3.43. The Bertz CT molecular complexity index is 821. The Kier molecular flexibility index (Phi) is 5.51. The molecule has 0 atom stereocenters. The number of sulfonamides is 1. The molecule has 0 aliphatic rings. The molecule has 0 radical (unpaired) electrons. The van der Waals surface area contributed by atoms with E-state index in [0.717, 1.165) is 11.8 Å². The summed E-state index contributed by atoms with van der Waals surface area (Å²) in [5.41, 5.74) is 1.47. The van der Waals surface area contributed by atoms with Gasteiger partial charge in [-0.1, -0.05) is 35.3 Å². The molecule has 122 valence electrons. The summed E-state index contributed by atoms with van der Waals surface area (Å²) in [6.45, 7) is 0.344. The second-order valence-electron chi connectivity index (χ2n) is 4.88. The molecule has 5 nitrogen and oxygen atoms in total. The maximum absolute atomic E-state index is 12.1. The van der Waals surface area contributed by atoms with E-state index >= 15 is 0 Å². The van der Waals surface area contributed by atoms with Crippen LogP contribution in [0.2, 0.25) is 10.0 Å². The quantitative estimate of drug-likeness (QED) is 0.845. The van der Waals surface area contributed by atoms with Gasteiger partial charge >= 0.3 is 0 Å². The fourth-order valence-corrected chi connectivity index (χ4v) is 2.81. The van der Waals surface area contributed by atoms with E-state index in [1.807, 2.05) is 12.1 Å². The molecule has 0 saturated heterocycles. The van der Waals surface area contributed by atoms with Gasteiger partial charge in [-0.3, -0.25) is 9.52 Å². The number of halogens is 2. The van der Waals surface area contributed by atoms with Crippen LogP contribution in [-0.4, -0.2) is 20.6 Å². The van der Waals surface area contributed by atoms with Crippen LogP contribution in [0.4, 0.5) is 5.69 Å². The Balaban J connectivity index is 2.05. The zero-order valence-electron chi connectivity index (χ0n) is 12.1. The van der Waals surface area contributed by atoms with Crippen molar-refractivity contribution >= 4 is 44.8 Å². The first kappa shape index (κ1) is 17.6. The van der Waals surface area contributed by atoms with Gasteiger partial charge in [-0.2, -0.15) is 0 Å². The Labute approximate surface area is 144 Å². The van der Waals surface area contributed by atoms with Crippen LogP contribution in [0, 0.1) is 0 Å². The van der Waals surface area contributed by atoms with E-state index in [1.54, 1.807) is 12.1 Å². The summed E-state index contributed by atoms with van der Waals surface area (Å²) in [6, 6.07) is 11.5. The maximum Gasteiger partial charge on any atom is 0.251 e. The third-order valence-electron chi connectivity index (χ3n) is 2.89. The SMILES string of the molecule is CS(=O)(=O)Nc1ccc(C(=O)NCc2ccc(Cl)cc2)cc1Cl. The Morgan fingerprint density at radius 2 is 1.74 bits per heavy atom. The van der Waals surface area contributed by atoms with Gasteiger partial charge in [-0.05, 0) is 35.9 Å². The van der Waals surface area contributed by atoms with Crippen LogP contribution in [0.1, 0.15) is 15.9 Å². The fraction of sp³-hybridized carbons (Fsp3) is 0.133. The van der Waals surface area contributed by atoms with Crippen molar-refractivity contribution in [3.05, 3.63) is 63.6 Å². The average molecular weight is 373 g/mol. The summed E-state index contributed by atoms with van der Waals surface area (Å²) in [4.78, 5) is 12.1. The first-order chi connectivity index (χ1) is 10.7. The number of amides is 1. The lowest BCUT2D eigenvalue weighted by Crippen LogP contribution is -2.22. The van der Waals surface area contributed by atoms with Gasteiger partial charge in [0, 0.05) is 17.1 Å². The van der Waals surface area contributed by atoms with Gasteiger partial charge in [0.25, 0.3) is 5.91 Å². The topological polar surface area (TPSA) is 75.3 Å². The standard InChI is InChI=1S/C15H14Cl2N2O3S/c1-23(21,22)19-14-7-4-11(8-13(14)17)15(20)18-9-10-2-5-12(16)6-3-10/h2-8,19H,9H2,1H3,(H,18,20). The lowest BCUT2D eigenvalue weighted by molar-refractivity contribution is 0.0951. The number of carbonyl (C=O) groups excluding carboxylic acids is 1. The monoisotopic (exact) mass is 372 g/mol. The molecule has 0 bridgehead atoms. The van der Waals surface area contributed by atoms with Crippen molar-refractivity contribution < 1.29 is 13.2 Å². The van der Waals surface area contributed by atoms with Crippen molar-refractivity contribution in [3.63, 3.8) is 0 Å². The zero-order valence-corrected chi connectivity index (χ0v) is 14.5. The minimum atomic E-state index is -3.43. The predicted octanol–water partition coefficient (Wildman–Crippen LogP) is 3.29. The van der Waals surface area contributed by atoms with Crippen molar-refractivity contribution in [1.29, 1.82) is 0 Å². The summed E-state index contributed by atoms with van der Waals surface area (Å²) < 4.78 is 24.7. The van der Waals surface area contributed by atoms with Crippen LogP contribution in [0.25, 0.3) is 0 Å². The third-order valence-corrected chi connectivity index (χ3v) is 4.05. The molecule has 2 rings (SSSR count). The number of benzene rings is 2. The minimum Gasteiger partial charge on any atom is -0.348 e. The van der Waals surface area contributed by atoms with Crippen molar-refractivity contribution in [2.24, 2.45) is 0 Å². The second kappa shape index (κ2) is 7.21. The normalized spacial score (nSPS) is 11.1. The molecule has 2 N–H and O–H groups in total. The summed E-state index contributed by atoms with van der Waals surface area (Å²) >= 11 is 11.8. The molecule has 0 unspecified atom stereocenters. The molecule has 0 saturated carbocycles. The average Bonchev–Trinajstić information content (AvgIpc) is 2.47. The van der Waals surface area contributed by atoms with Gasteiger partial charge in [0.15, 0.2) is 0 Å². The van der Waals surface area contributed by atoms with Crippen molar-refractivity contribution in [1.82, 2.24) is 5.32 Å². The summed E-state index contributed by atoms with van der Waals surface area (Å²) in [6.07, 6.45) is 1.02. The molecular formula is C15H14Cl2N2O3S. The number of nitrogens with one attached hydrogen (secondary N) is 2. The van der Waals surface area contributed by atoms with Crippen LogP contribution in [0.5, 0.6) is 0 Å². The van der Waals surface area contributed by atoms with E-state index in [4.69, 9.17) is 23.2 Å². The highest BCUT2D eigenvalue weighted by Gasteiger charge is 2.11. The van der Waals surface area contributed by atoms with Gasteiger partial charge in [0.05, 0.1) is 17.0 Å². The number of rotatable bonds is 5. The number of hydrogen-bond acceptors (Lipinski definition) is 3. The summed E-state index contributed by atoms with van der Waals surface area (Å²) in [5.74, 6) is -0.312. The van der Waals surface area contributed by atoms with E-state index in [-0.39, 0.29) is 16.6 Å². The zero-order chi connectivity index (χ0) is 17.0. The highest BCUT2D eigenvalue weighted by molar-refractivity contribution is 7.92.